The number of hydrogen-bond acceptors (Lipinski definition) is 2. The molecule has 2 N–H and O–H groups in total. The molecule has 20 heavy (non-hydrogen) atoms. The fraction of sp³-hybridized carbons (Fsp3) is 0.500. The molecule has 1 aliphatic carbocycles. The van der Waals surface area contributed by atoms with Crippen LogP contribution in [0.3, 0.4) is 0 Å². The second-order valence-electron chi connectivity index (χ2n) is 6.17. The smallest absolute Gasteiger partial charge is 0.130 e. The highest BCUT2D eigenvalue weighted by atomic mass is 79.9. The molecule has 1 aliphatic rings. The van der Waals surface area contributed by atoms with E-state index in [9.17, 15) is 10.2 Å². The lowest BCUT2D eigenvalue weighted by Gasteiger charge is -2.44. The van der Waals surface area contributed by atoms with Crippen molar-refractivity contribution in [3.63, 3.8) is 0 Å². The predicted molar refractivity (Wildman–Crippen MR) is 89.5 cm³/mol. The van der Waals surface area contributed by atoms with Crippen LogP contribution >= 0.6 is 31.9 Å². The van der Waals surface area contributed by atoms with Gasteiger partial charge in [0.1, 0.15) is 11.5 Å². The third-order valence-electron chi connectivity index (χ3n) is 4.49. The van der Waals surface area contributed by atoms with Gasteiger partial charge in [0.05, 0.1) is 4.47 Å². The summed E-state index contributed by atoms with van der Waals surface area (Å²) in [7, 11) is 0. The number of aromatic hydroxyl groups is 2. The fourth-order valence-electron chi connectivity index (χ4n) is 2.99. The molecule has 1 saturated carbocycles. The number of phenols is 2. The van der Waals surface area contributed by atoms with Gasteiger partial charge in [0.25, 0.3) is 0 Å². The van der Waals surface area contributed by atoms with Crippen LogP contribution in [-0.4, -0.2) is 15.0 Å². The fourth-order valence-corrected chi connectivity index (χ4v) is 3.87. The lowest BCUT2D eigenvalue weighted by molar-refractivity contribution is 0.201. The average molecular weight is 404 g/mol. The topological polar surface area (TPSA) is 40.5 Å². The molecule has 1 aromatic rings. The minimum Gasteiger partial charge on any atom is -0.508 e. The third kappa shape index (κ3) is 2.91. The molecule has 1 fully saturated rings. The first-order chi connectivity index (χ1) is 9.23. The Kier molecular flexibility index (Phi) is 4.55. The molecular formula is C16H20Br2O2. The van der Waals surface area contributed by atoms with Crippen molar-refractivity contribution in [2.45, 2.75) is 37.9 Å². The molecule has 0 spiro atoms. The van der Waals surface area contributed by atoms with E-state index in [4.69, 9.17) is 0 Å². The van der Waals surface area contributed by atoms with E-state index in [1.54, 1.807) is 12.1 Å². The first kappa shape index (κ1) is 15.9. The molecule has 0 aliphatic heterocycles. The zero-order chi connectivity index (χ0) is 15.1. The van der Waals surface area contributed by atoms with Gasteiger partial charge in [-0.2, -0.15) is 0 Å². The lowest BCUT2D eigenvalue weighted by atomic mass is 9.64. The van der Waals surface area contributed by atoms with Crippen molar-refractivity contribution in [1.29, 1.82) is 0 Å². The van der Waals surface area contributed by atoms with Crippen LogP contribution in [0.2, 0.25) is 0 Å². The van der Waals surface area contributed by atoms with Gasteiger partial charge < -0.3 is 10.2 Å². The molecule has 0 bridgehead atoms. The monoisotopic (exact) mass is 402 g/mol. The third-order valence-corrected chi connectivity index (χ3v) is 6.76. The normalized spacial score (nSPS) is 25.7. The molecule has 4 heteroatoms. The Hall–Kier alpha value is -0.480. The van der Waals surface area contributed by atoms with Crippen molar-refractivity contribution >= 4 is 31.9 Å². The van der Waals surface area contributed by atoms with E-state index in [0.717, 1.165) is 18.4 Å². The molecule has 2 nitrogen and oxygen atoms in total. The number of allylic oxidation sites excluding steroid dienone is 1. The van der Waals surface area contributed by atoms with Gasteiger partial charge in [-0.1, -0.05) is 41.9 Å². The summed E-state index contributed by atoms with van der Waals surface area (Å²) in [6.07, 6.45) is 2.80. The first-order valence-corrected chi connectivity index (χ1v) is 8.46. The molecule has 0 saturated heterocycles. The lowest BCUT2D eigenvalue weighted by Crippen LogP contribution is -2.39. The Morgan fingerprint density at radius 2 is 1.95 bits per heavy atom. The van der Waals surface area contributed by atoms with Crippen LogP contribution < -0.4 is 0 Å². The van der Waals surface area contributed by atoms with Gasteiger partial charge in [0, 0.05) is 4.83 Å². The van der Waals surface area contributed by atoms with Crippen LogP contribution in [0.4, 0.5) is 0 Å². The van der Waals surface area contributed by atoms with E-state index >= 15 is 0 Å². The van der Waals surface area contributed by atoms with E-state index in [-0.39, 0.29) is 22.8 Å². The van der Waals surface area contributed by atoms with Crippen molar-refractivity contribution in [3.05, 3.63) is 34.3 Å². The number of hydrogen-bond donors (Lipinski definition) is 2. The van der Waals surface area contributed by atoms with Gasteiger partial charge in [-0.05, 0) is 64.2 Å². The van der Waals surface area contributed by atoms with E-state index in [0.29, 0.717) is 15.7 Å². The molecule has 2 rings (SSSR count). The highest BCUT2D eigenvalue weighted by Crippen LogP contribution is 2.49. The van der Waals surface area contributed by atoms with Crippen molar-refractivity contribution in [3.8, 4) is 11.5 Å². The zero-order valence-corrected chi connectivity index (χ0v) is 15.0. The molecular weight excluding hydrogens is 384 g/mol. The Morgan fingerprint density at radius 1 is 1.30 bits per heavy atom. The average Bonchev–Trinajstić information content (AvgIpc) is 2.36. The molecule has 1 unspecified atom stereocenters. The van der Waals surface area contributed by atoms with Gasteiger partial charge in [-0.15, -0.1) is 0 Å². The number of alkyl halides is 1. The molecule has 0 aromatic heterocycles. The second kappa shape index (κ2) is 5.72. The zero-order valence-electron chi connectivity index (χ0n) is 11.8. The number of rotatable bonds is 2. The van der Waals surface area contributed by atoms with Gasteiger partial charge >= 0.3 is 0 Å². The highest BCUT2D eigenvalue weighted by molar-refractivity contribution is 9.10. The number of halogens is 2. The molecule has 0 heterocycles. The number of phenolic OH excluding ortho intramolecular Hbond substituents is 2. The maximum atomic E-state index is 10.1. The Morgan fingerprint density at radius 3 is 2.60 bits per heavy atom. The molecule has 110 valence electrons. The summed E-state index contributed by atoms with van der Waals surface area (Å²) < 4.78 is 0.513. The van der Waals surface area contributed by atoms with Crippen molar-refractivity contribution in [1.82, 2.24) is 0 Å². The minimum absolute atomic E-state index is 0.0739. The largest absolute Gasteiger partial charge is 0.508 e. The molecule has 0 radical (unpaired) electrons. The van der Waals surface area contributed by atoms with Crippen LogP contribution in [0.25, 0.3) is 0 Å². The van der Waals surface area contributed by atoms with Gasteiger partial charge in [-0.3, -0.25) is 0 Å². The van der Waals surface area contributed by atoms with Gasteiger partial charge in [0.15, 0.2) is 0 Å². The first-order valence-electron chi connectivity index (χ1n) is 6.75. The SMILES string of the molecule is C=C1CCC(Br)C(C)(C)[C@@H]1Cc1cc(O)c(Br)cc1O. The van der Waals surface area contributed by atoms with E-state index in [1.807, 2.05) is 0 Å². The van der Waals surface area contributed by atoms with E-state index in [1.165, 1.54) is 5.57 Å². The van der Waals surface area contributed by atoms with Gasteiger partial charge in [-0.25, -0.2) is 0 Å². The van der Waals surface area contributed by atoms with Crippen LogP contribution in [0.5, 0.6) is 11.5 Å². The van der Waals surface area contributed by atoms with E-state index in [2.05, 4.69) is 52.3 Å². The highest BCUT2D eigenvalue weighted by Gasteiger charge is 2.41. The summed E-state index contributed by atoms with van der Waals surface area (Å²) in [5.41, 5.74) is 2.07. The van der Waals surface area contributed by atoms with Crippen molar-refractivity contribution in [2.24, 2.45) is 11.3 Å². The molecule has 1 aromatic carbocycles. The quantitative estimate of drug-likeness (QED) is 0.406. The summed E-state index contributed by atoms with van der Waals surface area (Å²) in [6.45, 7) is 8.68. The van der Waals surface area contributed by atoms with E-state index < -0.39 is 0 Å². The Bertz CT molecular complexity index is 538. The van der Waals surface area contributed by atoms with Crippen molar-refractivity contribution in [2.75, 3.05) is 0 Å². The summed E-state index contributed by atoms with van der Waals surface area (Å²) in [4.78, 5) is 0.441. The summed E-state index contributed by atoms with van der Waals surface area (Å²) >= 11 is 6.99. The summed E-state index contributed by atoms with van der Waals surface area (Å²) in [5.74, 6) is 0.662. The standard InChI is InChI=1S/C16H20Br2O2/c1-9-4-5-15(18)16(2,3)11(9)6-10-7-14(20)12(17)8-13(10)19/h7-8,11,15,19-20H,1,4-6H2,2-3H3/t11-,15?/m1/s1. The predicted octanol–water partition coefficient (Wildman–Crippen LogP) is 5.16. The van der Waals surface area contributed by atoms with Crippen LogP contribution in [-0.2, 0) is 6.42 Å². The van der Waals surface area contributed by atoms with Crippen LogP contribution in [0.15, 0.2) is 28.8 Å². The Balaban J connectivity index is 2.32. The molecule has 2 atom stereocenters. The van der Waals surface area contributed by atoms with Crippen LogP contribution in [0, 0.1) is 11.3 Å². The minimum atomic E-state index is 0.0739. The Labute approximate surface area is 137 Å². The summed E-state index contributed by atoms with van der Waals surface area (Å²) in [6, 6.07) is 3.19. The molecule has 0 amide bonds. The maximum Gasteiger partial charge on any atom is 0.130 e. The maximum absolute atomic E-state index is 10.1. The van der Waals surface area contributed by atoms with Crippen molar-refractivity contribution < 1.29 is 10.2 Å². The summed E-state index contributed by atoms with van der Waals surface area (Å²) in [5, 5.41) is 19.9. The van der Waals surface area contributed by atoms with Crippen LogP contribution in [0.1, 0.15) is 32.3 Å². The second-order valence-corrected chi connectivity index (χ2v) is 8.13. The number of benzene rings is 1. The van der Waals surface area contributed by atoms with Gasteiger partial charge in [0.2, 0.25) is 0 Å².